The van der Waals surface area contributed by atoms with Crippen molar-refractivity contribution in [3.05, 3.63) is 11.1 Å². The van der Waals surface area contributed by atoms with Crippen LogP contribution in [0.15, 0.2) is 5.38 Å². The van der Waals surface area contributed by atoms with Crippen molar-refractivity contribution in [3.8, 4) is 5.19 Å². The Morgan fingerprint density at radius 1 is 1.54 bits per heavy atom. The molecule has 0 radical (unpaired) electrons. The highest BCUT2D eigenvalue weighted by Gasteiger charge is 2.25. The molecule has 0 atom stereocenters. The second-order valence-corrected chi connectivity index (χ2v) is 4.60. The van der Waals surface area contributed by atoms with Gasteiger partial charge in [0.25, 0.3) is 5.19 Å². The van der Waals surface area contributed by atoms with Crippen molar-refractivity contribution in [1.82, 2.24) is 4.98 Å². The van der Waals surface area contributed by atoms with Crippen LogP contribution < -0.4 is 4.74 Å². The first-order valence-electron chi connectivity index (χ1n) is 3.99. The fourth-order valence-electron chi connectivity index (χ4n) is 0.840. The molecule has 1 heterocycles. The van der Waals surface area contributed by atoms with Gasteiger partial charge in [0.05, 0.1) is 7.11 Å². The van der Waals surface area contributed by atoms with E-state index >= 15 is 0 Å². The number of ether oxygens (including phenoxy) is 1. The molecule has 0 saturated carbocycles. The highest BCUT2D eigenvalue weighted by atomic mass is 32.1. The average molecular weight is 199 g/mol. The van der Waals surface area contributed by atoms with E-state index < -0.39 is 0 Å². The molecule has 13 heavy (non-hydrogen) atoms. The number of rotatable bonds is 2. The van der Waals surface area contributed by atoms with Crippen molar-refractivity contribution < 1.29 is 9.53 Å². The predicted molar refractivity (Wildman–Crippen MR) is 52.5 cm³/mol. The molecule has 0 saturated heterocycles. The number of carbonyl (C=O) groups excluding carboxylic acids is 1. The quantitative estimate of drug-likeness (QED) is 0.686. The Bertz CT molecular complexity index is 312. The van der Waals surface area contributed by atoms with Crippen LogP contribution in [0.2, 0.25) is 0 Å². The molecule has 0 spiro atoms. The van der Waals surface area contributed by atoms with Crippen LogP contribution in [0.4, 0.5) is 0 Å². The van der Waals surface area contributed by atoms with E-state index in [1.165, 1.54) is 11.3 Å². The van der Waals surface area contributed by atoms with Gasteiger partial charge in [0.2, 0.25) is 0 Å². The standard InChI is InChI=1S/C9H13NO2S/c1-9(2,3)7(11)6-5-13-8(10-6)12-4/h5H,1-4H3. The smallest absolute Gasteiger partial charge is 0.273 e. The molecule has 0 aliphatic rings. The van der Waals surface area contributed by atoms with Gasteiger partial charge in [-0.1, -0.05) is 32.1 Å². The van der Waals surface area contributed by atoms with Crippen molar-refractivity contribution in [2.45, 2.75) is 20.8 Å². The maximum atomic E-state index is 11.7. The van der Waals surface area contributed by atoms with E-state index in [1.54, 1.807) is 12.5 Å². The van der Waals surface area contributed by atoms with Crippen LogP contribution in [0, 0.1) is 5.41 Å². The normalized spacial score (nSPS) is 11.4. The summed E-state index contributed by atoms with van der Waals surface area (Å²) in [7, 11) is 1.55. The molecule has 0 fully saturated rings. The highest BCUT2D eigenvalue weighted by molar-refractivity contribution is 7.11. The lowest BCUT2D eigenvalue weighted by Crippen LogP contribution is -2.20. The summed E-state index contributed by atoms with van der Waals surface area (Å²) in [6, 6.07) is 0. The van der Waals surface area contributed by atoms with Gasteiger partial charge in [0, 0.05) is 10.8 Å². The third-order valence-corrected chi connectivity index (χ3v) is 2.37. The summed E-state index contributed by atoms with van der Waals surface area (Å²) in [5.41, 5.74) is 0.119. The zero-order chi connectivity index (χ0) is 10.1. The molecule has 4 heteroatoms. The molecule has 0 bridgehead atoms. The van der Waals surface area contributed by atoms with Gasteiger partial charge in [-0.2, -0.15) is 4.98 Å². The minimum absolute atomic E-state index is 0.0482. The summed E-state index contributed by atoms with van der Waals surface area (Å²) in [5, 5.41) is 2.26. The first-order valence-corrected chi connectivity index (χ1v) is 4.87. The van der Waals surface area contributed by atoms with Gasteiger partial charge in [-0.05, 0) is 0 Å². The van der Waals surface area contributed by atoms with Gasteiger partial charge >= 0.3 is 0 Å². The summed E-state index contributed by atoms with van der Waals surface area (Å²) in [4.78, 5) is 15.7. The van der Waals surface area contributed by atoms with Gasteiger partial charge in [-0.3, -0.25) is 4.79 Å². The molecule has 0 N–H and O–H groups in total. The van der Waals surface area contributed by atoms with E-state index in [-0.39, 0.29) is 11.2 Å². The molecule has 0 aliphatic carbocycles. The minimum Gasteiger partial charge on any atom is -0.473 e. The van der Waals surface area contributed by atoms with Gasteiger partial charge in [0.1, 0.15) is 5.69 Å². The SMILES string of the molecule is COc1nc(C(=O)C(C)(C)C)cs1. The molecule has 72 valence electrons. The number of ketones is 1. The van der Waals surface area contributed by atoms with Gasteiger partial charge < -0.3 is 4.74 Å². The number of thiazole rings is 1. The molecule has 1 aromatic rings. The van der Waals surface area contributed by atoms with E-state index in [1.807, 2.05) is 20.8 Å². The Balaban J connectivity index is 2.90. The largest absolute Gasteiger partial charge is 0.473 e. The monoisotopic (exact) mass is 199 g/mol. The fraction of sp³-hybridized carbons (Fsp3) is 0.556. The molecule has 0 aromatic carbocycles. The summed E-state index contributed by atoms with van der Waals surface area (Å²) in [5.74, 6) is 0.0482. The molecular formula is C9H13NO2S. The fourth-order valence-corrected chi connectivity index (χ4v) is 1.46. The number of Topliss-reactive ketones (excluding diaryl/α,β-unsaturated/α-hetero) is 1. The van der Waals surface area contributed by atoms with Crippen LogP contribution in [0.25, 0.3) is 0 Å². The highest BCUT2D eigenvalue weighted by Crippen LogP contribution is 2.24. The lowest BCUT2D eigenvalue weighted by Gasteiger charge is -2.13. The zero-order valence-electron chi connectivity index (χ0n) is 8.25. The summed E-state index contributed by atoms with van der Waals surface area (Å²) in [6.45, 7) is 5.63. The summed E-state index contributed by atoms with van der Waals surface area (Å²) in [6.07, 6.45) is 0. The number of nitrogens with zero attached hydrogens (tertiary/aromatic N) is 1. The summed E-state index contributed by atoms with van der Waals surface area (Å²) >= 11 is 1.34. The van der Waals surface area contributed by atoms with Crippen molar-refractivity contribution in [2.75, 3.05) is 7.11 Å². The van der Waals surface area contributed by atoms with Gasteiger partial charge in [-0.25, -0.2) is 0 Å². The first-order chi connectivity index (χ1) is 5.95. The van der Waals surface area contributed by atoms with Crippen LogP contribution in [-0.2, 0) is 0 Å². The zero-order valence-corrected chi connectivity index (χ0v) is 9.07. The van der Waals surface area contributed by atoms with Crippen LogP contribution in [0.3, 0.4) is 0 Å². The van der Waals surface area contributed by atoms with E-state index in [9.17, 15) is 4.79 Å². The maximum Gasteiger partial charge on any atom is 0.273 e. The van der Waals surface area contributed by atoms with E-state index in [0.29, 0.717) is 10.9 Å². The van der Waals surface area contributed by atoms with Crippen LogP contribution in [0.5, 0.6) is 5.19 Å². The van der Waals surface area contributed by atoms with E-state index in [0.717, 1.165) is 0 Å². The Hall–Kier alpha value is -0.900. The third-order valence-electron chi connectivity index (χ3n) is 1.57. The van der Waals surface area contributed by atoms with Crippen molar-refractivity contribution in [2.24, 2.45) is 5.41 Å². The summed E-state index contributed by atoms with van der Waals surface area (Å²) < 4.78 is 4.91. The first kappa shape index (κ1) is 10.2. The van der Waals surface area contributed by atoms with E-state index in [2.05, 4.69) is 4.98 Å². The average Bonchev–Trinajstić information content (AvgIpc) is 2.48. The Kier molecular flexibility index (Phi) is 2.71. The number of aromatic nitrogens is 1. The predicted octanol–water partition coefficient (Wildman–Crippen LogP) is 2.38. The Labute approximate surface area is 81.8 Å². The lowest BCUT2D eigenvalue weighted by molar-refractivity contribution is 0.0853. The Morgan fingerprint density at radius 3 is 2.54 bits per heavy atom. The number of methoxy groups -OCH3 is 1. The molecule has 3 nitrogen and oxygen atoms in total. The second kappa shape index (κ2) is 3.46. The number of carbonyl (C=O) groups is 1. The molecule has 0 aliphatic heterocycles. The molecule has 1 rings (SSSR count). The number of hydrogen-bond donors (Lipinski definition) is 0. The number of hydrogen-bond acceptors (Lipinski definition) is 4. The van der Waals surface area contributed by atoms with E-state index in [4.69, 9.17) is 4.74 Å². The lowest BCUT2D eigenvalue weighted by atomic mass is 9.89. The van der Waals surface area contributed by atoms with Crippen LogP contribution in [-0.4, -0.2) is 17.9 Å². The van der Waals surface area contributed by atoms with Gasteiger partial charge in [0.15, 0.2) is 5.78 Å². The third kappa shape index (κ3) is 2.28. The second-order valence-electron chi connectivity index (χ2n) is 3.78. The van der Waals surface area contributed by atoms with Crippen LogP contribution >= 0.6 is 11.3 Å². The van der Waals surface area contributed by atoms with Gasteiger partial charge in [-0.15, -0.1) is 0 Å². The Morgan fingerprint density at radius 2 is 2.15 bits per heavy atom. The van der Waals surface area contributed by atoms with Crippen molar-refractivity contribution >= 4 is 17.1 Å². The maximum absolute atomic E-state index is 11.7. The molecule has 0 amide bonds. The topological polar surface area (TPSA) is 39.2 Å². The molecular weight excluding hydrogens is 186 g/mol. The van der Waals surface area contributed by atoms with Crippen molar-refractivity contribution in [1.29, 1.82) is 0 Å². The van der Waals surface area contributed by atoms with Crippen LogP contribution in [0.1, 0.15) is 31.3 Å². The molecule has 1 aromatic heterocycles. The van der Waals surface area contributed by atoms with Crippen molar-refractivity contribution in [3.63, 3.8) is 0 Å². The minimum atomic E-state index is -0.376. The molecule has 0 unspecified atom stereocenters.